The molecule has 1 saturated heterocycles. The minimum atomic E-state index is 0.250. The maximum atomic E-state index is 5.14. The predicted octanol–water partition coefficient (Wildman–Crippen LogP) is 6.30. The number of allylic oxidation sites excluding steroid dienone is 1. The van der Waals surface area contributed by atoms with Gasteiger partial charge in [-0.3, -0.25) is 0 Å². The molecule has 172 valence electrons. The second-order valence-electron chi connectivity index (χ2n) is 10.5. The molecule has 0 saturated carbocycles. The summed E-state index contributed by atoms with van der Waals surface area (Å²) in [4.78, 5) is 2.43. The fourth-order valence-corrected chi connectivity index (χ4v) is 5.61. The van der Waals surface area contributed by atoms with Crippen molar-refractivity contribution in [2.75, 3.05) is 33.4 Å². The highest BCUT2D eigenvalue weighted by Gasteiger charge is 2.36. The van der Waals surface area contributed by atoms with E-state index in [0.29, 0.717) is 6.04 Å². The Kier molecular flexibility index (Phi) is 7.99. The van der Waals surface area contributed by atoms with Crippen LogP contribution in [0.3, 0.4) is 0 Å². The molecule has 1 aliphatic heterocycles. The monoisotopic (exact) mass is 442 g/mol. The third-order valence-electron chi connectivity index (χ3n) is 7.27. The van der Waals surface area contributed by atoms with Crippen LogP contribution in [0, 0.1) is 0 Å². The summed E-state index contributed by atoms with van der Waals surface area (Å²) in [6.07, 6.45) is 4.85. The summed E-state index contributed by atoms with van der Waals surface area (Å²) in [5.74, 6) is 0. The van der Waals surface area contributed by atoms with E-state index in [4.69, 9.17) is 4.74 Å². The molecule has 31 heavy (non-hydrogen) atoms. The van der Waals surface area contributed by atoms with Gasteiger partial charge in [-0.25, -0.2) is 0 Å². The third-order valence-corrected chi connectivity index (χ3v) is 8.27. The van der Waals surface area contributed by atoms with Gasteiger partial charge in [0.1, 0.15) is 0 Å². The molecule has 0 unspecified atom stereocenters. The Hall–Kier alpha value is -1.23. The lowest BCUT2D eigenvalue weighted by Gasteiger charge is -2.42. The molecule has 0 radical (unpaired) electrons. The van der Waals surface area contributed by atoms with Crippen LogP contribution < -0.4 is 5.32 Å². The van der Waals surface area contributed by atoms with E-state index in [1.165, 1.54) is 47.9 Å². The van der Waals surface area contributed by atoms with Crippen LogP contribution in [0.1, 0.15) is 77.0 Å². The minimum Gasteiger partial charge on any atom is -0.383 e. The third kappa shape index (κ3) is 5.97. The number of likely N-dealkylation sites (tertiary alicyclic amines) is 1. The van der Waals surface area contributed by atoms with Crippen molar-refractivity contribution < 1.29 is 4.74 Å². The first-order valence-electron chi connectivity index (χ1n) is 11.8. The molecule has 0 spiro atoms. The van der Waals surface area contributed by atoms with Gasteiger partial charge >= 0.3 is 0 Å². The summed E-state index contributed by atoms with van der Waals surface area (Å²) in [6.45, 7) is 20.0. The Morgan fingerprint density at radius 2 is 1.81 bits per heavy atom. The van der Waals surface area contributed by atoms with E-state index in [1.54, 1.807) is 18.9 Å². The number of benzene rings is 1. The number of hydrogen-bond acceptors (Lipinski definition) is 4. The summed E-state index contributed by atoms with van der Waals surface area (Å²) in [6, 6.07) is 7.74. The van der Waals surface area contributed by atoms with E-state index in [0.717, 1.165) is 31.3 Å². The van der Waals surface area contributed by atoms with Crippen LogP contribution in [0.4, 0.5) is 0 Å². The highest BCUT2D eigenvalue weighted by atomic mass is 32.2. The molecule has 0 bridgehead atoms. The van der Waals surface area contributed by atoms with Gasteiger partial charge in [0.15, 0.2) is 0 Å². The maximum Gasteiger partial charge on any atom is 0.0676 e. The predicted molar refractivity (Wildman–Crippen MR) is 137 cm³/mol. The van der Waals surface area contributed by atoms with E-state index < -0.39 is 0 Å². The first kappa shape index (κ1) is 24.4. The molecule has 0 amide bonds. The van der Waals surface area contributed by atoms with Crippen LogP contribution in [0.25, 0.3) is 5.57 Å². The molecule has 4 heteroatoms. The fourth-order valence-electron chi connectivity index (χ4n) is 4.83. The van der Waals surface area contributed by atoms with E-state index in [-0.39, 0.29) is 10.8 Å². The lowest BCUT2D eigenvalue weighted by atomic mass is 9.63. The molecule has 1 fully saturated rings. The molecule has 1 N–H and O–H groups in total. The number of rotatable bonds is 8. The van der Waals surface area contributed by atoms with Crippen LogP contribution in [0.2, 0.25) is 0 Å². The summed E-state index contributed by atoms with van der Waals surface area (Å²) in [5, 5.41) is 7.04. The van der Waals surface area contributed by atoms with E-state index in [9.17, 15) is 0 Å². The van der Waals surface area contributed by atoms with E-state index >= 15 is 0 Å². The number of thioether (sulfide) groups is 1. The number of piperidine rings is 1. The van der Waals surface area contributed by atoms with Gasteiger partial charge in [-0.05, 0) is 71.1 Å². The zero-order chi connectivity index (χ0) is 22.6. The van der Waals surface area contributed by atoms with Gasteiger partial charge in [0.25, 0.3) is 0 Å². The number of fused-ring (bicyclic) bond motifs is 1. The average molecular weight is 443 g/mol. The molecular formula is C27H42N2OS. The van der Waals surface area contributed by atoms with Gasteiger partial charge in [-0.2, -0.15) is 0 Å². The lowest BCUT2D eigenvalue weighted by molar-refractivity contribution is 0.185. The molecule has 1 heterocycles. The summed E-state index contributed by atoms with van der Waals surface area (Å²) in [7, 11) is 1.76. The molecule has 3 rings (SSSR count). The van der Waals surface area contributed by atoms with Crippen molar-refractivity contribution in [3.8, 4) is 0 Å². The first-order valence-corrected chi connectivity index (χ1v) is 12.7. The molecule has 1 aromatic rings. The maximum absolute atomic E-state index is 5.14. The Labute approximate surface area is 194 Å². The van der Waals surface area contributed by atoms with E-state index in [2.05, 4.69) is 75.0 Å². The van der Waals surface area contributed by atoms with Crippen LogP contribution in [-0.2, 0) is 15.6 Å². The van der Waals surface area contributed by atoms with Gasteiger partial charge in [-0.15, -0.1) is 0 Å². The smallest absolute Gasteiger partial charge is 0.0676 e. The number of nitrogens with zero attached hydrogens (tertiary/aromatic N) is 1. The second-order valence-corrected chi connectivity index (χ2v) is 11.5. The number of ether oxygens (including phenoxy) is 1. The van der Waals surface area contributed by atoms with Crippen molar-refractivity contribution in [3.63, 3.8) is 0 Å². The Bertz CT molecular complexity index is 803. The van der Waals surface area contributed by atoms with Crippen molar-refractivity contribution in [1.29, 1.82) is 0 Å². The normalized spacial score (nSPS) is 21.1. The number of hydrogen-bond donors (Lipinski definition) is 1. The van der Waals surface area contributed by atoms with Crippen LogP contribution in [-0.4, -0.2) is 44.3 Å². The number of methoxy groups -OCH3 is 1. The Morgan fingerprint density at radius 1 is 1.16 bits per heavy atom. The largest absolute Gasteiger partial charge is 0.383 e. The van der Waals surface area contributed by atoms with Crippen molar-refractivity contribution in [2.24, 2.45) is 0 Å². The van der Waals surface area contributed by atoms with Crippen molar-refractivity contribution in [1.82, 2.24) is 10.2 Å². The van der Waals surface area contributed by atoms with Crippen LogP contribution in [0.15, 0.2) is 35.2 Å². The average Bonchev–Trinajstić information content (AvgIpc) is 2.75. The second kappa shape index (κ2) is 10.1. The quantitative estimate of drug-likeness (QED) is 0.477. The summed E-state index contributed by atoms with van der Waals surface area (Å²) < 4.78 is 5.14. The van der Waals surface area contributed by atoms with Gasteiger partial charge < -0.3 is 15.0 Å². The Balaban J connectivity index is 1.60. The fraction of sp³-hybridized carbons (Fsp3) is 0.630. The van der Waals surface area contributed by atoms with Crippen molar-refractivity contribution in [2.45, 2.75) is 77.2 Å². The molecule has 0 aromatic heterocycles. The van der Waals surface area contributed by atoms with Gasteiger partial charge in [0.2, 0.25) is 0 Å². The minimum absolute atomic E-state index is 0.250. The summed E-state index contributed by atoms with van der Waals surface area (Å²) >= 11 is 1.77. The van der Waals surface area contributed by atoms with Gasteiger partial charge in [0, 0.05) is 32.8 Å². The number of nitrogens with one attached hydrogen (secondary N) is 1. The highest BCUT2D eigenvalue weighted by molar-refractivity contribution is 8.05. The topological polar surface area (TPSA) is 24.5 Å². The molecule has 1 aliphatic carbocycles. The van der Waals surface area contributed by atoms with E-state index in [1.807, 2.05) is 0 Å². The van der Waals surface area contributed by atoms with Crippen molar-refractivity contribution >= 4 is 17.3 Å². The van der Waals surface area contributed by atoms with Crippen LogP contribution >= 0.6 is 11.8 Å². The Morgan fingerprint density at radius 3 is 2.45 bits per heavy atom. The summed E-state index contributed by atoms with van der Waals surface area (Å²) in [5.41, 5.74) is 6.24. The molecule has 0 atom stereocenters. The molecule has 2 aliphatic rings. The lowest BCUT2D eigenvalue weighted by Crippen LogP contribution is -2.42. The first-order chi connectivity index (χ1) is 14.6. The van der Waals surface area contributed by atoms with Crippen molar-refractivity contribution in [3.05, 3.63) is 51.9 Å². The zero-order valence-electron chi connectivity index (χ0n) is 20.5. The SMILES string of the molecule is C=C(S/C=C(\C)c1ccc2c(c1)C(C)(C)CCC2(C)C)N1CCC(NCCOC)CC1. The van der Waals surface area contributed by atoms with Gasteiger partial charge in [0.05, 0.1) is 11.6 Å². The molecular weight excluding hydrogens is 400 g/mol. The highest BCUT2D eigenvalue weighted by Crippen LogP contribution is 2.46. The van der Waals surface area contributed by atoms with Crippen LogP contribution in [0.5, 0.6) is 0 Å². The standard InChI is InChI=1S/C27H42N2OS/c1-20(19-31-21(2)29-15-10-23(11-16-29)28-14-17-30-7)22-8-9-24-25(18-22)27(5,6)13-12-26(24,3)4/h8-9,18-19,23,28H,2,10-17H2,1,3-7H3/b20-19+. The molecule has 1 aromatic carbocycles. The van der Waals surface area contributed by atoms with Gasteiger partial charge in [-0.1, -0.05) is 64.2 Å². The molecule has 3 nitrogen and oxygen atoms in total. The zero-order valence-corrected chi connectivity index (χ0v) is 21.3.